The van der Waals surface area contributed by atoms with Gasteiger partial charge in [-0.05, 0) is 37.0 Å². The van der Waals surface area contributed by atoms with E-state index in [0.29, 0.717) is 24.5 Å². The van der Waals surface area contributed by atoms with Gasteiger partial charge in [0.15, 0.2) is 0 Å². The van der Waals surface area contributed by atoms with Crippen molar-refractivity contribution in [1.29, 1.82) is 0 Å². The first-order chi connectivity index (χ1) is 10.6. The van der Waals surface area contributed by atoms with Crippen LogP contribution in [0.4, 0.5) is 5.69 Å². The number of rotatable bonds is 2. The Morgan fingerprint density at radius 3 is 2.57 bits per heavy atom. The second-order valence-corrected chi connectivity index (χ2v) is 7.86. The Kier molecular flexibility index (Phi) is 5.04. The summed E-state index contributed by atoms with van der Waals surface area (Å²) >= 11 is 6.07. The molecule has 1 aliphatic heterocycles. The highest BCUT2D eigenvalue weighted by Gasteiger charge is 2.36. The SMILES string of the molecule is Cc1ccc(Cl)cc1N1CCN(C(=O)CC(C)(C)C)C(C)C1=O. The first-order valence-electron chi connectivity index (χ1n) is 7.97. The number of amides is 2. The molecule has 4 nitrogen and oxygen atoms in total. The second-order valence-electron chi connectivity index (χ2n) is 7.42. The lowest BCUT2D eigenvalue weighted by Gasteiger charge is -2.40. The maximum Gasteiger partial charge on any atom is 0.249 e. The number of piperazine rings is 1. The molecule has 0 aliphatic carbocycles. The van der Waals surface area contributed by atoms with E-state index in [2.05, 4.69) is 0 Å². The highest BCUT2D eigenvalue weighted by atomic mass is 35.5. The number of anilines is 1. The van der Waals surface area contributed by atoms with Crippen molar-refractivity contribution < 1.29 is 9.59 Å². The molecule has 0 radical (unpaired) electrons. The van der Waals surface area contributed by atoms with Crippen molar-refractivity contribution in [2.45, 2.75) is 47.1 Å². The normalized spacial score (nSPS) is 19.2. The van der Waals surface area contributed by atoms with Crippen molar-refractivity contribution in [3.05, 3.63) is 28.8 Å². The maximum atomic E-state index is 12.8. The predicted octanol–water partition coefficient (Wildman–Crippen LogP) is 3.65. The van der Waals surface area contributed by atoms with Gasteiger partial charge in [0.1, 0.15) is 6.04 Å². The van der Waals surface area contributed by atoms with Crippen molar-refractivity contribution in [1.82, 2.24) is 4.90 Å². The van der Waals surface area contributed by atoms with E-state index in [-0.39, 0.29) is 17.2 Å². The molecule has 1 atom stereocenters. The van der Waals surface area contributed by atoms with Crippen LogP contribution >= 0.6 is 11.6 Å². The van der Waals surface area contributed by atoms with E-state index in [9.17, 15) is 9.59 Å². The summed E-state index contributed by atoms with van der Waals surface area (Å²) in [5.74, 6) is -0.00954. The largest absolute Gasteiger partial charge is 0.329 e. The lowest BCUT2D eigenvalue weighted by molar-refractivity contribution is -0.142. The number of halogens is 1. The molecule has 126 valence electrons. The van der Waals surface area contributed by atoms with Crippen LogP contribution in [-0.4, -0.2) is 35.8 Å². The maximum absolute atomic E-state index is 12.8. The van der Waals surface area contributed by atoms with Gasteiger partial charge in [-0.1, -0.05) is 38.4 Å². The Morgan fingerprint density at radius 1 is 1.30 bits per heavy atom. The molecule has 1 aromatic rings. The van der Waals surface area contributed by atoms with Crippen molar-refractivity contribution in [2.24, 2.45) is 5.41 Å². The number of hydrogen-bond acceptors (Lipinski definition) is 2. The summed E-state index contributed by atoms with van der Waals surface area (Å²) in [6, 6.07) is 5.09. The summed E-state index contributed by atoms with van der Waals surface area (Å²) in [6.07, 6.45) is 0.445. The number of benzene rings is 1. The van der Waals surface area contributed by atoms with Crippen molar-refractivity contribution in [3.8, 4) is 0 Å². The van der Waals surface area contributed by atoms with Crippen LogP contribution < -0.4 is 4.90 Å². The Labute approximate surface area is 143 Å². The smallest absolute Gasteiger partial charge is 0.249 e. The molecule has 2 rings (SSSR count). The third kappa shape index (κ3) is 4.05. The van der Waals surface area contributed by atoms with Gasteiger partial charge in [-0.2, -0.15) is 0 Å². The van der Waals surface area contributed by atoms with Gasteiger partial charge in [-0.3, -0.25) is 9.59 Å². The summed E-state index contributed by atoms with van der Waals surface area (Å²) < 4.78 is 0. The van der Waals surface area contributed by atoms with Gasteiger partial charge < -0.3 is 9.80 Å². The molecule has 1 heterocycles. The number of aryl methyl sites for hydroxylation is 1. The molecule has 23 heavy (non-hydrogen) atoms. The molecule has 2 amide bonds. The van der Waals surface area contributed by atoms with Crippen molar-refractivity contribution >= 4 is 29.1 Å². The molecule has 1 saturated heterocycles. The molecule has 0 bridgehead atoms. The van der Waals surface area contributed by atoms with E-state index < -0.39 is 6.04 Å². The van der Waals surface area contributed by atoms with Gasteiger partial charge in [0.2, 0.25) is 11.8 Å². The quantitative estimate of drug-likeness (QED) is 0.827. The standard InChI is InChI=1S/C18H25ClN2O2/c1-12-6-7-14(19)10-15(12)21-9-8-20(13(2)17(21)23)16(22)11-18(3,4)5/h6-7,10,13H,8-9,11H2,1-5H3. The minimum atomic E-state index is -0.447. The lowest BCUT2D eigenvalue weighted by Crippen LogP contribution is -2.58. The van der Waals surface area contributed by atoms with Gasteiger partial charge >= 0.3 is 0 Å². The van der Waals surface area contributed by atoms with Gasteiger partial charge in [-0.15, -0.1) is 0 Å². The molecule has 1 unspecified atom stereocenters. The molecule has 0 saturated carbocycles. The van der Waals surface area contributed by atoms with Gasteiger partial charge in [0.05, 0.1) is 0 Å². The number of hydrogen-bond donors (Lipinski definition) is 0. The first kappa shape index (κ1) is 17.8. The van der Waals surface area contributed by atoms with Crippen LogP contribution in [0.2, 0.25) is 5.02 Å². The number of carbonyl (C=O) groups excluding carboxylic acids is 2. The third-order valence-electron chi connectivity index (χ3n) is 4.12. The minimum absolute atomic E-state index is 0.0424. The van der Waals surface area contributed by atoms with Gasteiger partial charge in [0.25, 0.3) is 0 Å². The summed E-state index contributed by atoms with van der Waals surface area (Å²) in [5.41, 5.74) is 1.75. The van der Waals surface area contributed by atoms with E-state index >= 15 is 0 Å². The van der Waals surface area contributed by atoms with Crippen LogP contribution in [0.3, 0.4) is 0 Å². The fourth-order valence-electron chi connectivity index (χ4n) is 2.88. The monoisotopic (exact) mass is 336 g/mol. The summed E-state index contributed by atoms with van der Waals surface area (Å²) in [7, 11) is 0. The van der Waals surface area contributed by atoms with E-state index in [4.69, 9.17) is 11.6 Å². The van der Waals surface area contributed by atoms with Crippen LogP contribution in [0.25, 0.3) is 0 Å². The Hall–Kier alpha value is -1.55. The molecule has 0 N–H and O–H groups in total. The van der Waals surface area contributed by atoms with Crippen LogP contribution in [-0.2, 0) is 9.59 Å². The molecule has 0 aromatic heterocycles. The Balaban J connectivity index is 2.18. The summed E-state index contributed by atoms with van der Waals surface area (Å²) in [4.78, 5) is 28.7. The van der Waals surface area contributed by atoms with Crippen molar-refractivity contribution in [3.63, 3.8) is 0 Å². The lowest BCUT2D eigenvalue weighted by atomic mass is 9.91. The molecule has 1 aliphatic rings. The Morgan fingerprint density at radius 2 is 1.96 bits per heavy atom. The molecule has 5 heteroatoms. The van der Waals surface area contributed by atoms with Crippen LogP contribution in [0, 0.1) is 12.3 Å². The number of carbonyl (C=O) groups is 2. The zero-order valence-corrected chi connectivity index (χ0v) is 15.3. The molecule has 1 fully saturated rings. The van der Waals surface area contributed by atoms with Crippen molar-refractivity contribution in [2.75, 3.05) is 18.0 Å². The minimum Gasteiger partial charge on any atom is -0.329 e. The number of nitrogens with zero attached hydrogens (tertiary/aromatic N) is 2. The van der Waals surface area contributed by atoms with Crippen LogP contribution in [0.1, 0.15) is 39.7 Å². The zero-order chi connectivity index (χ0) is 17.4. The molecular weight excluding hydrogens is 312 g/mol. The first-order valence-corrected chi connectivity index (χ1v) is 8.35. The fourth-order valence-corrected chi connectivity index (χ4v) is 3.05. The highest BCUT2D eigenvalue weighted by Crippen LogP contribution is 2.28. The third-order valence-corrected chi connectivity index (χ3v) is 4.35. The van der Waals surface area contributed by atoms with E-state index in [1.54, 1.807) is 16.7 Å². The van der Waals surface area contributed by atoms with Gasteiger partial charge in [-0.25, -0.2) is 0 Å². The van der Waals surface area contributed by atoms with Gasteiger partial charge in [0, 0.05) is 30.2 Å². The fraction of sp³-hybridized carbons (Fsp3) is 0.556. The van der Waals surface area contributed by atoms with E-state index in [1.807, 2.05) is 45.9 Å². The average molecular weight is 337 g/mol. The summed E-state index contributed by atoms with van der Waals surface area (Å²) in [5, 5.41) is 0.609. The highest BCUT2D eigenvalue weighted by molar-refractivity contribution is 6.31. The topological polar surface area (TPSA) is 40.6 Å². The predicted molar refractivity (Wildman–Crippen MR) is 93.8 cm³/mol. The van der Waals surface area contributed by atoms with E-state index in [0.717, 1.165) is 11.3 Å². The molecule has 1 aromatic carbocycles. The van der Waals surface area contributed by atoms with Crippen LogP contribution in [0.15, 0.2) is 18.2 Å². The van der Waals surface area contributed by atoms with Crippen LogP contribution in [0.5, 0.6) is 0 Å². The second kappa shape index (κ2) is 6.52. The zero-order valence-electron chi connectivity index (χ0n) is 14.5. The summed E-state index contributed by atoms with van der Waals surface area (Å²) in [6.45, 7) is 10.9. The average Bonchev–Trinajstić information content (AvgIpc) is 2.42. The molecule has 0 spiro atoms. The van der Waals surface area contributed by atoms with E-state index in [1.165, 1.54) is 0 Å². The Bertz CT molecular complexity index is 622. The molecular formula is C18H25ClN2O2.